The van der Waals surface area contributed by atoms with Crippen LogP contribution in [0.25, 0.3) is 27.9 Å². The Morgan fingerprint density at radius 1 is 0.967 bits per heavy atom. The third kappa shape index (κ3) is 4.03. The minimum atomic E-state index is -4.51. The lowest BCUT2D eigenvalue weighted by Crippen LogP contribution is -2.06. The van der Waals surface area contributed by atoms with Crippen molar-refractivity contribution in [3.63, 3.8) is 0 Å². The number of pyridine rings is 1. The van der Waals surface area contributed by atoms with Crippen molar-refractivity contribution < 1.29 is 26.9 Å². The Morgan fingerprint density at radius 3 is 2.40 bits per heavy atom. The molecule has 0 saturated heterocycles. The van der Waals surface area contributed by atoms with Crippen LogP contribution in [0.1, 0.15) is 5.56 Å². The number of fused-ring (bicyclic) bond motifs is 1. The molecular weight excluding hydrogens is 422 g/mol. The summed E-state index contributed by atoms with van der Waals surface area (Å²) in [6, 6.07) is 15.0. The summed E-state index contributed by atoms with van der Waals surface area (Å²) in [5.74, 6) is 4.35. The second-order valence-corrected chi connectivity index (χ2v) is 7.03. The van der Waals surface area contributed by atoms with Gasteiger partial charge in [-0.2, -0.15) is 24.2 Å². The maximum absolute atomic E-state index is 13.8. The molecule has 0 unspecified atom stereocenters. The van der Waals surface area contributed by atoms with E-state index in [0.29, 0.717) is 32.8 Å². The molecule has 0 aliphatic carbocycles. The molecule has 0 aliphatic rings. The fourth-order valence-corrected chi connectivity index (χ4v) is 3.44. The monoisotopic (exact) mass is 435 g/mol. The summed E-state index contributed by atoms with van der Waals surface area (Å²) >= 11 is 0.895. The fourth-order valence-electron chi connectivity index (χ4n) is 3.08. The van der Waals surface area contributed by atoms with Crippen molar-refractivity contribution in [2.24, 2.45) is 5.90 Å². The topological polar surface area (TPSA) is 61.8 Å². The predicted octanol–water partition coefficient (Wildman–Crippen LogP) is 5.66. The van der Waals surface area contributed by atoms with Gasteiger partial charge in [0.1, 0.15) is 11.5 Å². The molecule has 0 amide bonds. The van der Waals surface area contributed by atoms with Gasteiger partial charge in [0.15, 0.2) is 0 Å². The number of rotatable bonds is 5. The summed E-state index contributed by atoms with van der Waals surface area (Å²) in [4.78, 5) is 4.74. The molecule has 0 fully saturated rings. The molecule has 0 atom stereocenters. The van der Waals surface area contributed by atoms with Crippen molar-refractivity contribution >= 4 is 17.6 Å². The lowest BCUT2D eigenvalue weighted by Gasteiger charge is -2.07. The molecule has 0 saturated carbocycles. The van der Waals surface area contributed by atoms with E-state index in [2.05, 4.69) is 14.4 Å². The van der Waals surface area contributed by atoms with E-state index in [-0.39, 0.29) is 0 Å². The molecule has 10 heteroatoms. The molecule has 154 valence electrons. The van der Waals surface area contributed by atoms with Crippen molar-refractivity contribution in [1.29, 1.82) is 0 Å². The normalized spacial score (nSPS) is 11.9. The standard InChI is InChI=1S/C20H13F4N3O2S/c21-15-3-1-2-13(10-15)19-18(12-4-7-16(8-5-12)30-29-28-25)17-9-6-14(20(22,23)24)11-27(17)26-19/h1-11H,25H2. The molecule has 30 heavy (non-hydrogen) atoms. The zero-order chi connectivity index (χ0) is 21.3. The number of nitrogens with two attached hydrogens (primary N) is 1. The second-order valence-electron chi connectivity index (χ2n) is 6.25. The van der Waals surface area contributed by atoms with Crippen LogP contribution in [0, 0.1) is 5.82 Å². The summed E-state index contributed by atoms with van der Waals surface area (Å²) in [6.07, 6.45) is -3.60. The average Bonchev–Trinajstić information content (AvgIpc) is 3.11. The van der Waals surface area contributed by atoms with Crippen molar-refractivity contribution in [2.45, 2.75) is 11.1 Å². The number of aromatic nitrogens is 2. The van der Waals surface area contributed by atoms with Gasteiger partial charge >= 0.3 is 6.18 Å². The van der Waals surface area contributed by atoms with Gasteiger partial charge in [0.2, 0.25) is 0 Å². The highest BCUT2D eigenvalue weighted by Crippen LogP contribution is 2.38. The fraction of sp³-hybridized carbons (Fsp3) is 0.0500. The van der Waals surface area contributed by atoms with E-state index in [1.165, 1.54) is 24.3 Å². The van der Waals surface area contributed by atoms with Crippen LogP contribution in [0.5, 0.6) is 0 Å². The number of benzene rings is 2. The van der Waals surface area contributed by atoms with Gasteiger partial charge in [-0.25, -0.2) is 8.91 Å². The smallest absolute Gasteiger partial charge is 0.239 e. The Hall–Kier alpha value is -2.92. The molecule has 4 aromatic rings. The second kappa shape index (κ2) is 8.07. The van der Waals surface area contributed by atoms with Gasteiger partial charge in [0.05, 0.1) is 23.1 Å². The molecule has 4 rings (SSSR count). The summed E-state index contributed by atoms with van der Waals surface area (Å²) in [5, 5.41) is 4.33. The molecule has 0 aliphatic heterocycles. The van der Waals surface area contributed by atoms with E-state index >= 15 is 0 Å². The molecule has 0 spiro atoms. The Labute approximate surface area is 172 Å². The first kappa shape index (κ1) is 20.4. The van der Waals surface area contributed by atoms with E-state index in [4.69, 9.17) is 5.90 Å². The van der Waals surface area contributed by atoms with Crippen LogP contribution in [0.3, 0.4) is 0 Å². The Bertz CT molecular complexity index is 1190. The van der Waals surface area contributed by atoms with Gasteiger partial charge in [-0.1, -0.05) is 24.3 Å². The summed E-state index contributed by atoms with van der Waals surface area (Å²) < 4.78 is 59.0. The lowest BCUT2D eigenvalue weighted by atomic mass is 9.99. The molecule has 2 heterocycles. The highest BCUT2D eigenvalue weighted by molar-refractivity contribution is 7.94. The number of nitrogens with zero attached hydrogens (tertiary/aromatic N) is 2. The van der Waals surface area contributed by atoms with Gasteiger partial charge in [-0.3, -0.25) is 0 Å². The molecule has 0 radical (unpaired) electrons. The number of hydrogen-bond acceptors (Lipinski definition) is 5. The van der Waals surface area contributed by atoms with Gasteiger partial charge < -0.3 is 0 Å². The van der Waals surface area contributed by atoms with Crippen LogP contribution in [0.2, 0.25) is 0 Å². The summed E-state index contributed by atoms with van der Waals surface area (Å²) in [6.45, 7) is 0. The summed E-state index contributed by atoms with van der Waals surface area (Å²) in [7, 11) is 0. The van der Waals surface area contributed by atoms with Crippen LogP contribution >= 0.6 is 12.0 Å². The van der Waals surface area contributed by atoms with Crippen molar-refractivity contribution in [3.8, 4) is 22.4 Å². The van der Waals surface area contributed by atoms with Crippen LogP contribution in [0.15, 0.2) is 71.8 Å². The lowest BCUT2D eigenvalue weighted by molar-refractivity contribution is -0.195. The highest BCUT2D eigenvalue weighted by Gasteiger charge is 2.31. The van der Waals surface area contributed by atoms with Gasteiger partial charge in [-0.05, 0) is 42.0 Å². The van der Waals surface area contributed by atoms with E-state index < -0.39 is 17.6 Å². The zero-order valence-corrected chi connectivity index (χ0v) is 15.9. The highest BCUT2D eigenvalue weighted by atomic mass is 32.2. The first-order chi connectivity index (χ1) is 14.4. The van der Waals surface area contributed by atoms with Crippen LogP contribution in [-0.2, 0) is 15.5 Å². The quantitative estimate of drug-likeness (QED) is 0.190. The largest absolute Gasteiger partial charge is 0.417 e. The third-order valence-electron chi connectivity index (χ3n) is 4.37. The molecular formula is C20H13F4N3O2S. The van der Waals surface area contributed by atoms with Crippen molar-refractivity contribution in [3.05, 3.63) is 78.2 Å². The first-order valence-electron chi connectivity index (χ1n) is 8.53. The zero-order valence-electron chi connectivity index (χ0n) is 15.1. The van der Waals surface area contributed by atoms with E-state index in [1.54, 1.807) is 30.3 Å². The Balaban J connectivity index is 1.90. The van der Waals surface area contributed by atoms with Crippen molar-refractivity contribution in [1.82, 2.24) is 9.61 Å². The SMILES string of the molecule is NOOSc1ccc(-c2c(-c3cccc(F)c3)nn3cc(C(F)(F)F)ccc23)cc1. The molecule has 2 aromatic heterocycles. The maximum atomic E-state index is 13.8. The number of hydrogen-bond donors (Lipinski definition) is 1. The minimum Gasteiger partial charge on any atom is -0.239 e. The Morgan fingerprint density at radius 2 is 1.73 bits per heavy atom. The maximum Gasteiger partial charge on any atom is 0.417 e. The van der Waals surface area contributed by atoms with Crippen LogP contribution in [-0.4, -0.2) is 9.61 Å². The molecule has 5 nitrogen and oxygen atoms in total. The Kier molecular flexibility index (Phi) is 5.48. The van der Waals surface area contributed by atoms with Gasteiger partial charge in [0, 0.05) is 22.2 Å². The van der Waals surface area contributed by atoms with Gasteiger partial charge in [0.25, 0.3) is 0 Å². The molecule has 0 bridgehead atoms. The van der Waals surface area contributed by atoms with Crippen LogP contribution in [0.4, 0.5) is 17.6 Å². The van der Waals surface area contributed by atoms with E-state index in [9.17, 15) is 17.6 Å². The number of halogens is 4. The summed E-state index contributed by atoms with van der Waals surface area (Å²) in [5.41, 5.74) is 1.67. The first-order valence-corrected chi connectivity index (χ1v) is 9.27. The molecule has 2 aromatic carbocycles. The molecule has 2 N–H and O–H groups in total. The van der Waals surface area contributed by atoms with Gasteiger partial charge in [-0.15, -0.1) is 9.32 Å². The van der Waals surface area contributed by atoms with Crippen LogP contribution < -0.4 is 5.90 Å². The number of alkyl halides is 3. The van der Waals surface area contributed by atoms with E-state index in [1.807, 2.05) is 0 Å². The van der Waals surface area contributed by atoms with Crippen molar-refractivity contribution in [2.75, 3.05) is 0 Å². The van der Waals surface area contributed by atoms with E-state index in [0.717, 1.165) is 28.8 Å². The third-order valence-corrected chi connectivity index (χ3v) is 4.98. The minimum absolute atomic E-state index is 0.357. The predicted molar refractivity (Wildman–Crippen MR) is 103 cm³/mol. The average molecular weight is 435 g/mol.